The van der Waals surface area contributed by atoms with Gasteiger partial charge in [-0.1, -0.05) is 57.2 Å². The molecule has 0 saturated carbocycles. The predicted octanol–water partition coefficient (Wildman–Crippen LogP) is 3.78. The summed E-state index contributed by atoms with van der Waals surface area (Å²) in [5.74, 6) is 0.816. The minimum atomic E-state index is -0.479. The van der Waals surface area contributed by atoms with E-state index in [1.165, 1.54) is 16.7 Å². The van der Waals surface area contributed by atoms with Crippen molar-refractivity contribution in [2.45, 2.75) is 45.3 Å². The average Bonchev–Trinajstić information content (AvgIpc) is 2.59. The molecule has 0 unspecified atom stereocenters. The lowest BCUT2D eigenvalue weighted by Crippen LogP contribution is -2.38. The van der Waals surface area contributed by atoms with Gasteiger partial charge in [-0.05, 0) is 40.7 Å². The van der Waals surface area contributed by atoms with Crippen molar-refractivity contribution < 1.29 is 9.84 Å². The predicted molar refractivity (Wildman–Crippen MR) is 102 cm³/mol. The number of nitrogens with zero attached hydrogens (tertiary/aromatic N) is 1. The van der Waals surface area contributed by atoms with Gasteiger partial charge in [0.1, 0.15) is 18.5 Å². The monoisotopic (exact) mass is 339 g/mol. The summed E-state index contributed by atoms with van der Waals surface area (Å²) in [7, 11) is 0. The maximum absolute atomic E-state index is 10.3. The van der Waals surface area contributed by atoms with E-state index in [0.717, 1.165) is 25.3 Å². The average molecular weight is 339 g/mol. The molecule has 1 aliphatic heterocycles. The van der Waals surface area contributed by atoms with E-state index in [0.29, 0.717) is 13.2 Å². The Labute approximate surface area is 151 Å². The molecule has 134 valence electrons. The highest BCUT2D eigenvalue weighted by atomic mass is 16.5. The molecule has 0 fully saturated rings. The first kappa shape index (κ1) is 18.0. The second-order valence-electron chi connectivity index (χ2n) is 7.99. The minimum absolute atomic E-state index is 0.141. The molecule has 0 bridgehead atoms. The number of aliphatic hydroxyl groups excluding tert-OH is 1. The maximum atomic E-state index is 10.3. The van der Waals surface area contributed by atoms with Crippen LogP contribution in [0, 0.1) is 0 Å². The van der Waals surface area contributed by atoms with Gasteiger partial charge in [0.25, 0.3) is 0 Å². The number of β-amino-alcohol motifs (C(OH)–C–C–N with tert-alkyl or cyclic N) is 1. The van der Waals surface area contributed by atoms with E-state index in [4.69, 9.17) is 4.74 Å². The second-order valence-corrected chi connectivity index (χ2v) is 7.99. The van der Waals surface area contributed by atoms with Gasteiger partial charge >= 0.3 is 0 Å². The third-order valence-electron chi connectivity index (χ3n) is 4.84. The molecule has 25 heavy (non-hydrogen) atoms. The van der Waals surface area contributed by atoms with E-state index in [1.807, 2.05) is 12.1 Å². The fourth-order valence-electron chi connectivity index (χ4n) is 3.30. The standard InChI is InChI=1S/C22H29NO2/c1-22(2,3)19-8-10-21(11-9-19)25-16-20(24)15-23-13-12-17-6-4-5-7-18(17)14-23/h4-11,20,24H,12-16H2,1-3H3/t20-/m0/s1. The zero-order chi connectivity index (χ0) is 17.9. The Morgan fingerprint density at radius 3 is 2.40 bits per heavy atom. The van der Waals surface area contributed by atoms with Gasteiger partial charge in [-0.2, -0.15) is 0 Å². The highest BCUT2D eigenvalue weighted by Gasteiger charge is 2.19. The van der Waals surface area contributed by atoms with Crippen LogP contribution in [0.4, 0.5) is 0 Å². The number of rotatable bonds is 5. The molecule has 1 N–H and O–H groups in total. The van der Waals surface area contributed by atoms with E-state index in [1.54, 1.807) is 0 Å². The lowest BCUT2D eigenvalue weighted by Gasteiger charge is -2.30. The highest BCUT2D eigenvalue weighted by Crippen LogP contribution is 2.24. The highest BCUT2D eigenvalue weighted by molar-refractivity contribution is 5.31. The summed E-state index contributed by atoms with van der Waals surface area (Å²) in [5.41, 5.74) is 4.23. The molecule has 0 spiro atoms. The molecule has 1 aliphatic rings. The molecule has 0 amide bonds. The van der Waals surface area contributed by atoms with Gasteiger partial charge in [0.2, 0.25) is 0 Å². The number of aliphatic hydroxyl groups is 1. The van der Waals surface area contributed by atoms with E-state index in [9.17, 15) is 5.11 Å². The van der Waals surface area contributed by atoms with Crippen molar-refractivity contribution in [3.8, 4) is 5.75 Å². The molecule has 3 nitrogen and oxygen atoms in total. The van der Waals surface area contributed by atoms with Gasteiger partial charge in [-0.15, -0.1) is 0 Å². The van der Waals surface area contributed by atoms with Crippen LogP contribution < -0.4 is 4.74 Å². The van der Waals surface area contributed by atoms with Crippen LogP contribution in [-0.4, -0.2) is 35.8 Å². The van der Waals surface area contributed by atoms with E-state index in [2.05, 4.69) is 62.1 Å². The molecular weight excluding hydrogens is 310 g/mol. The lowest BCUT2D eigenvalue weighted by atomic mass is 9.87. The van der Waals surface area contributed by atoms with Crippen LogP contribution in [0.25, 0.3) is 0 Å². The van der Waals surface area contributed by atoms with Crippen molar-refractivity contribution in [3.63, 3.8) is 0 Å². The molecule has 0 radical (unpaired) electrons. The number of benzene rings is 2. The first-order valence-corrected chi connectivity index (χ1v) is 9.12. The van der Waals surface area contributed by atoms with Crippen molar-refractivity contribution >= 4 is 0 Å². The van der Waals surface area contributed by atoms with Crippen LogP contribution in [0.1, 0.15) is 37.5 Å². The topological polar surface area (TPSA) is 32.7 Å². The summed E-state index contributed by atoms with van der Waals surface area (Å²) >= 11 is 0. The quantitative estimate of drug-likeness (QED) is 0.900. The Hall–Kier alpha value is -1.84. The van der Waals surface area contributed by atoms with Crippen LogP contribution in [0.2, 0.25) is 0 Å². The Balaban J connectivity index is 1.48. The zero-order valence-electron chi connectivity index (χ0n) is 15.5. The zero-order valence-corrected chi connectivity index (χ0v) is 15.5. The van der Waals surface area contributed by atoms with Crippen LogP contribution in [0.15, 0.2) is 48.5 Å². The Kier molecular flexibility index (Phi) is 5.45. The molecule has 3 heteroatoms. The fraction of sp³-hybridized carbons (Fsp3) is 0.455. The van der Waals surface area contributed by atoms with Gasteiger partial charge in [-0.25, -0.2) is 0 Å². The van der Waals surface area contributed by atoms with Crippen LogP contribution in [-0.2, 0) is 18.4 Å². The number of hydrogen-bond donors (Lipinski definition) is 1. The first-order valence-electron chi connectivity index (χ1n) is 9.12. The molecule has 0 aliphatic carbocycles. The summed E-state index contributed by atoms with van der Waals surface area (Å²) in [5, 5.41) is 10.3. The second kappa shape index (κ2) is 7.59. The van der Waals surface area contributed by atoms with Crippen molar-refractivity contribution in [1.82, 2.24) is 4.90 Å². The summed E-state index contributed by atoms with van der Waals surface area (Å²) in [6, 6.07) is 16.8. The summed E-state index contributed by atoms with van der Waals surface area (Å²) in [6.45, 7) is 9.47. The summed E-state index contributed by atoms with van der Waals surface area (Å²) in [6.07, 6.45) is 0.574. The molecule has 1 atom stereocenters. The lowest BCUT2D eigenvalue weighted by molar-refractivity contribution is 0.0638. The molecule has 2 aromatic rings. The number of hydrogen-bond acceptors (Lipinski definition) is 3. The van der Waals surface area contributed by atoms with Gasteiger partial charge in [0.15, 0.2) is 0 Å². The molecule has 3 rings (SSSR count). The van der Waals surface area contributed by atoms with Gasteiger partial charge < -0.3 is 9.84 Å². The Bertz CT molecular complexity index is 688. The fourth-order valence-corrected chi connectivity index (χ4v) is 3.30. The molecule has 0 saturated heterocycles. The largest absolute Gasteiger partial charge is 0.491 e. The SMILES string of the molecule is CC(C)(C)c1ccc(OC[C@@H](O)CN2CCc3ccccc3C2)cc1. The summed E-state index contributed by atoms with van der Waals surface area (Å²) < 4.78 is 5.77. The first-order chi connectivity index (χ1) is 11.9. The number of ether oxygens (including phenoxy) is 1. The van der Waals surface area contributed by atoms with E-state index in [-0.39, 0.29) is 5.41 Å². The van der Waals surface area contributed by atoms with Crippen molar-refractivity contribution in [3.05, 3.63) is 65.2 Å². The van der Waals surface area contributed by atoms with Gasteiger partial charge in [-0.3, -0.25) is 4.90 Å². The Morgan fingerprint density at radius 1 is 1.04 bits per heavy atom. The smallest absolute Gasteiger partial charge is 0.119 e. The number of fused-ring (bicyclic) bond motifs is 1. The minimum Gasteiger partial charge on any atom is -0.491 e. The van der Waals surface area contributed by atoms with E-state index < -0.39 is 6.10 Å². The van der Waals surface area contributed by atoms with E-state index >= 15 is 0 Å². The summed E-state index contributed by atoms with van der Waals surface area (Å²) in [4.78, 5) is 2.30. The molecular formula is C22H29NO2. The third-order valence-corrected chi connectivity index (χ3v) is 4.84. The maximum Gasteiger partial charge on any atom is 0.119 e. The van der Waals surface area contributed by atoms with Crippen LogP contribution in [0.5, 0.6) is 5.75 Å². The normalized spacial score (nSPS) is 16.3. The van der Waals surface area contributed by atoms with Gasteiger partial charge in [0, 0.05) is 19.6 Å². The molecule has 1 heterocycles. The van der Waals surface area contributed by atoms with Crippen molar-refractivity contribution in [2.24, 2.45) is 0 Å². The Morgan fingerprint density at radius 2 is 1.72 bits per heavy atom. The van der Waals surface area contributed by atoms with Crippen molar-refractivity contribution in [2.75, 3.05) is 19.7 Å². The molecule has 2 aromatic carbocycles. The van der Waals surface area contributed by atoms with Crippen LogP contribution >= 0.6 is 0 Å². The third kappa shape index (κ3) is 4.83. The van der Waals surface area contributed by atoms with Crippen molar-refractivity contribution in [1.29, 1.82) is 0 Å². The van der Waals surface area contributed by atoms with Crippen LogP contribution in [0.3, 0.4) is 0 Å². The molecule has 0 aromatic heterocycles. The van der Waals surface area contributed by atoms with Gasteiger partial charge in [0.05, 0.1) is 0 Å².